The predicted molar refractivity (Wildman–Crippen MR) is 71.1 cm³/mol. The van der Waals surface area contributed by atoms with Crippen LogP contribution in [0.1, 0.15) is 11.1 Å². The SMILES string of the molecule is O=S1(=O)Nc2ccc(F)cc2C=C1c1ccncc1. The lowest BCUT2D eigenvalue weighted by Gasteiger charge is -2.19. The standard InChI is InChI=1S/C13H9FN2O2S/c14-11-1-2-12-10(7-11)8-13(19(17,18)16-12)9-3-5-15-6-4-9/h1-8,16H. The van der Waals surface area contributed by atoms with Crippen molar-refractivity contribution in [2.24, 2.45) is 0 Å². The minimum absolute atomic E-state index is 0.105. The van der Waals surface area contributed by atoms with Crippen LogP contribution in [-0.4, -0.2) is 13.4 Å². The Bertz CT molecular complexity index is 770. The first kappa shape index (κ1) is 11.9. The summed E-state index contributed by atoms with van der Waals surface area (Å²) in [5.41, 5.74) is 1.39. The van der Waals surface area contributed by atoms with E-state index in [1.807, 2.05) is 0 Å². The molecule has 6 heteroatoms. The van der Waals surface area contributed by atoms with Crippen molar-refractivity contribution >= 4 is 26.7 Å². The smallest absolute Gasteiger partial charge is 0.262 e. The average Bonchev–Trinajstić information content (AvgIpc) is 2.39. The minimum Gasteiger partial charge on any atom is -0.279 e. The van der Waals surface area contributed by atoms with Gasteiger partial charge in [0.25, 0.3) is 10.0 Å². The van der Waals surface area contributed by atoms with Crippen LogP contribution in [-0.2, 0) is 10.0 Å². The third-order valence-corrected chi connectivity index (χ3v) is 4.22. The summed E-state index contributed by atoms with van der Waals surface area (Å²) in [4.78, 5) is 3.95. The Labute approximate surface area is 109 Å². The molecule has 0 atom stereocenters. The first-order chi connectivity index (χ1) is 9.06. The highest BCUT2D eigenvalue weighted by atomic mass is 32.2. The van der Waals surface area contributed by atoms with Gasteiger partial charge in [0.05, 0.1) is 10.6 Å². The molecule has 19 heavy (non-hydrogen) atoms. The third-order valence-electron chi connectivity index (χ3n) is 2.80. The zero-order chi connectivity index (χ0) is 13.5. The minimum atomic E-state index is -3.64. The molecule has 4 nitrogen and oxygen atoms in total. The van der Waals surface area contributed by atoms with Crippen LogP contribution in [0.4, 0.5) is 10.1 Å². The lowest BCUT2D eigenvalue weighted by Crippen LogP contribution is -2.18. The number of sulfonamides is 1. The van der Waals surface area contributed by atoms with Gasteiger partial charge in [0.15, 0.2) is 0 Å². The second-order valence-corrected chi connectivity index (χ2v) is 5.73. The Morgan fingerprint density at radius 2 is 1.84 bits per heavy atom. The second-order valence-electron chi connectivity index (χ2n) is 4.08. The van der Waals surface area contributed by atoms with E-state index in [-0.39, 0.29) is 4.91 Å². The number of nitrogens with one attached hydrogen (secondary N) is 1. The van der Waals surface area contributed by atoms with Crippen LogP contribution in [0.5, 0.6) is 0 Å². The van der Waals surface area contributed by atoms with Gasteiger partial charge in [-0.3, -0.25) is 9.71 Å². The van der Waals surface area contributed by atoms with Gasteiger partial charge in [-0.2, -0.15) is 0 Å². The summed E-state index contributed by atoms with van der Waals surface area (Å²) >= 11 is 0. The highest BCUT2D eigenvalue weighted by Gasteiger charge is 2.25. The predicted octanol–water partition coefficient (Wildman–Crippen LogP) is 2.47. The van der Waals surface area contributed by atoms with Gasteiger partial charge in [-0.1, -0.05) is 0 Å². The molecule has 2 aromatic rings. The fraction of sp³-hybridized carbons (Fsp3) is 0. The van der Waals surface area contributed by atoms with Crippen molar-refractivity contribution in [3.8, 4) is 0 Å². The van der Waals surface area contributed by atoms with Crippen LogP contribution in [0.2, 0.25) is 0 Å². The summed E-state index contributed by atoms with van der Waals surface area (Å²) in [6, 6.07) is 7.09. The van der Waals surface area contributed by atoms with E-state index in [1.165, 1.54) is 36.7 Å². The summed E-state index contributed by atoms with van der Waals surface area (Å²) in [5.74, 6) is -0.412. The van der Waals surface area contributed by atoms with Gasteiger partial charge in [-0.05, 0) is 42.0 Å². The monoisotopic (exact) mass is 276 g/mol. The highest BCUT2D eigenvalue weighted by molar-refractivity contribution is 8.02. The molecule has 0 bridgehead atoms. The van der Waals surface area contributed by atoms with Crippen LogP contribution in [0.15, 0.2) is 42.7 Å². The molecule has 1 N–H and O–H groups in total. The molecule has 96 valence electrons. The number of halogens is 1. The van der Waals surface area contributed by atoms with Crippen molar-refractivity contribution < 1.29 is 12.8 Å². The van der Waals surface area contributed by atoms with Gasteiger partial charge < -0.3 is 0 Å². The average molecular weight is 276 g/mol. The lowest BCUT2D eigenvalue weighted by molar-refractivity contribution is 0.610. The van der Waals surface area contributed by atoms with E-state index in [4.69, 9.17) is 0 Å². The van der Waals surface area contributed by atoms with E-state index < -0.39 is 15.8 Å². The van der Waals surface area contributed by atoms with Crippen molar-refractivity contribution in [1.82, 2.24) is 4.98 Å². The van der Waals surface area contributed by atoms with Gasteiger partial charge >= 0.3 is 0 Å². The first-order valence-corrected chi connectivity index (χ1v) is 6.99. The maximum Gasteiger partial charge on any atom is 0.262 e. The lowest BCUT2D eigenvalue weighted by atomic mass is 10.1. The number of hydrogen-bond donors (Lipinski definition) is 1. The third kappa shape index (κ3) is 2.10. The van der Waals surface area contributed by atoms with E-state index in [9.17, 15) is 12.8 Å². The normalized spacial score (nSPS) is 16.2. The van der Waals surface area contributed by atoms with Crippen molar-refractivity contribution in [2.45, 2.75) is 0 Å². The molecule has 3 rings (SSSR count). The molecule has 2 heterocycles. The van der Waals surface area contributed by atoms with Crippen LogP contribution < -0.4 is 4.72 Å². The van der Waals surface area contributed by atoms with Gasteiger partial charge in [-0.15, -0.1) is 0 Å². The van der Waals surface area contributed by atoms with E-state index in [0.717, 1.165) is 0 Å². The van der Waals surface area contributed by atoms with Gasteiger partial charge in [-0.25, -0.2) is 12.8 Å². The molecule has 0 fully saturated rings. The second kappa shape index (κ2) is 4.17. The molecule has 1 aliphatic heterocycles. The number of anilines is 1. The molecule has 0 aliphatic carbocycles. The molecule has 0 radical (unpaired) electrons. The Balaban J connectivity index is 2.23. The molecule has 1 aliphatic rings. The Hall–Kier alpha value is -2.21. The summed E-state index contributed by atoms with van der Waals surface area (Å²) in [6.07, 6.45) is 4.47. The summed E-state index contributed by atoms with van der Waals surface area (Å²) < 4.78 is 39.9. The zero-order valence-electron chi connectivity index (χ0n) is 9.67. The van der Waals surface area contributed by atoms with Crippen LogP contribution in [0.25, 0.3) is 11.0 Å². The van der Waals surface area contributed by atoms with Crippen molar-refractivity contribution in [3.63, 3.8) is 0 Å². The highest BCUT2D eigenvalue weighted by Crippen LogP contribution is 2.33. The molecule has 0 unspecified atom stereocenters. The number of pyridine rings is 1. The maximum atomic E-state index is 13.2. The van der Waals surface area contributed by atoms with Gasteiger partial charge in [0, 0.05) is 18.0 Å². The first-order valence-electron chi connectivity index (χ1n) is 5.51. The molecule has 0 spiro atoms. The quantitative estimate of drug-likeness (QED) is 0.870. The van der Waals surface area contributed by atoms with E-state index in [0.29, 0.717) is 16.8 Å². The van der Waals surface area contributed by atoms with Gasteiger partial charge in [0.2, 0.25) is 0 Å². The van der Waals surface area contributed by atoms with Crippen LogP contribution in [0, 0.1) is 5.82 Å². The fourth-order valence-electron chi connectivity index (χ4n) is 1.92. The molecule has 1 aromatic carbocycles. The van der Waals surface area contributed by atoms with Crippen molar-refractivity contribution in [2.75, 3.05) is 4.72 Å². The Kier molecular flexibility index (Phi) is 2.60. The topological polar surface area (TPSA) is 59.1 Å². The van der Waals surface area contributed by atoms with E-state index >= 15 is 0 Å². The maximum absolute atomic E-state index is 13.2. The summed E-state index contributed by atoms with van der Waals surface area (Å²) in [7, 11) is -3.64. The van der Waals surface area contributed by atoms with Crippen molar-refractivity contribution in [1.29, 1.82) is 0 Å². The summed E-state index contributed by atoms with van der Waals surface area (Å²) in [5, 5.41) is 0. The Morgan fingerprint density at radius 1 is 1.11 bits per heavy atom. The molecule has 1 aromatic heterocycles. The molecular formula is C13H9FN2O2S. The molecule has 0 saturated carbocycles. The van der Waals surface area contributed by atoms with Gasteiger partial charge in [0.1, 0.15) is 5.82 Å². The molecule has 0 amide bonds. The fourth-order valence-corrected chi connectivity index (χ4v) is 3.23. The van der Waals surface area contributed by atoms with E-state index in [2.05, 4.69) is 9.71 Å². The van der Waals surface area contributed by atoms with Crippen LogP contribution >= 0.6 is 0 Å². The number of rotatable bonds is 1. The number of aromatic nitrogens is 1. The number of nitrogens with zero attached hydrogens (tertiary/aromatic N) is 1. The Morgan fingerprint density at radius 3 is 2.58 bits per heavy atom. The molecule has 0 saturated heterocycles. The number of fused-ring (bicyclic) bond motifs is 1. The molecular weight excluding hydrogens is 267 g/mol. The number of benzene rings is 1. The number of hydrogen-bond acceptors (Lipinski definition) is 3. The zero-order valence-corrected chi connectivity index (χ0v) is 10.5. The largest absolute Gasteiger partial charge is 0.279 e. The van der Waals surface area contributed by atoms with Crippen LogP contribution in [0.3, 0.4) is 0 Å². The van der Waals surface area contributed by atoms with E-state index in [1.54, 1.807) is 12.1 Å². The van der Waals surface area contributed by atoms with Crippen molar-refractivity contribution in [3.05, 3.63) is 59.7 Å². The summed E-state index contributed by atoms with van der Waals surface area (Å²) in [6.45, 7) is 0.